The van der Waals surface area contributed by atoms with E-state index < -0.39 is 0 Å². The van der Waals surface area contributed by atoms with Crippen molar-refractivity contribution >= 4 is 17.2 Å². The van der Waals surface area contributed by atoms with Crippen molar-refractivity contribution in [3.05, 3.63) is 35.4 Å². The smallest absolute Gasteiger partial charge is 0.0742 e. The summed E-state index contributed by atoms with van der Waals surface area (Å²) in [6.45, 7) is 5.20. The maximum atomic E-state index is 5.55. The molecule has 0 aliphatic heterocycles. The van der Waals surface area contributed by atoms with Crippen LogP contribution in [-0.4, -0.2) is 23.0 Å². The Labute approximate surface area is 103 Å². The molecule has 0 aromatic heterocycles. The average molecular weight is 236 g/mol. The van der Waals surface area contributed by atoms with Crippen LogP contribution in [0.2, 0.25) is 0 Å². The van der Waals surface area contributed by atoms with Gasteiger partial charge in [0.2, 0.25) is 0 Å². The minimum Gasteiger partial charge on any atom is -0.393 e. The lowest BCUT2D eigenvalue weighted by molar-refractivity contribution is 0.255. The van der Waals surface area contributed by atoms with Crippen LogP contribution >= 0.6 is 12.2 Å². The number of nitrogens with zero attached hydrogens (tertiary/aromatic N) is 1. The first-order valence-electron chi connectivity index (χ1n) is 5.53. The van der Waals surface area contributed by atoms with Crippen LogP contribution in [0.15, 0.2) is 24.3 Å². The van der Waals surface area contributed by atoms with Crippen molar-refractivity contribution in [3.8, 4) is 0 Å². The molecule has 0 spiro atoms. The van der Waals surface area contributed by atoms with Gasteiger partial charge < -0.3 is 5.73 Å². The fourth-order valence-electron chi connectivity index (χ4n) is 1.70. The van der Waals surface area contributed by atoms with Gasteiger partial charge in [-0.1, -0.05) is 42.0 Å². The normalized spacial score (nSPS) is 12.8. The second-order valence-electron chi connectivity index (χ2n) is 4.42. The average Bonchev–Trinajstić information content (AvgIpc) is 2.16. The van der Waals surface area contributed by atoms with E-state index in [9.17, 15) is 0 Å². The van der Waals surface area contributed by atoms with E-state index in [1.165, 1.54) is 11.1 Å². The Morgan fingerprint density at radius 2 is 2.19 bits per heavy atom. The maximum Gasteiger partial charge on any atom is 0.0742 e. The van der Waals surface area contributed by atoms with E-state index in [-0.39, 0.29) is 0 Å². The van der Waals surface area contributed by atoms with E-state index in [4.69, 9.17) is 18.0 Å². The Hall–Kier alpha value is -0.930. The van der Waals surface area contributed by atoms with Gasteiger partial charge in [0.05, 0.1) is 4.99 Å². The molecule has 2 nitrogen and oxygen atoms in total. The number of thiocarbonyl (C=S) groups is 1. The van der Waals surface area contributed by atoms with Crippen molar-refractivity contribution in [2.24, 2.45) is 5.73 Å². The summed E-state index contributed by atoms with van der Waals surface area (Å²) in [5, 5.41) is 0. The third kappa shape index (κ3) is 4.29. The Kier molecular flexibility index (Phi) is 4.90. The van der Waals surface area contributed by atoms with Gasteiger partial charge >= 0.3 is 0 Å². The van der Waals surface area contributed by atoms with Crippen LogP contribution in [0.3, 0.4) is 0 Å². The fourth-order valence-corrected chi connectivity index (χ4v) is 1.94. The molecule has 0 saturated heterocycles. The number of hydrogen-bond acceptors (Lipinski definition) is 2. The van der Waals surface area contributed by atoms with E-state index in [0.717, 1.165) is 13.0 Å². The second kappa shape index (κ2) is 5.97. The van der Waals surface area contributed by atoms with Crippen LogP contribution in [0.4, 0.5) is 0 Å². The first-order valence-corrected chi connectivity index (χ1v) is 5.94. The molecule has 0 radical (unpaired) electrons. The van der Waals surface area contributed by atoms with E-state index in [1.54, 1.807) is 0 Å². The van der Waals surface area contributed by atoms with Crippen LogP contribution in [0.5, 0.6) is 0 Å². The van der Waals surface area contributed by atoms with Crippen molar-refractivity contribution in [3.63, 3.8) is 0 Å². The van der Waals surface area contributed by atoms with Gasteiger partial charge in [-0.15, -0.1) is 0 Å². The lowest BCUT2D eigenvalue weighted by atomic mass is 10.1. The maximum absolute atomic E-state index is 5.55. The van der Waals surface area contributed by atoms with Crippen LogP contribution < -0.4 is 5.73 Å². The van der Waals surface area contributed by atoms with Crippen molar-refractivity contribution in [2.75, 3.05) is 7.05 Å². The molecule has 88 valence electrons. The SMILES string of the molecule is Cc1cccc(CN(C)C(C)CC(N)=S)c1. The quantitative estimate of drug-likeness (QED) is 0.796. The summed E-state index contributed by atoms with van der Waals surface area (Å²) in [7, 11) is 2.10. The number of benzene rings is 1. The molecule has 16 heavy (non-hydrogen) atoms. The van der Waals surface area contributed by atoms with Gasteiger partial charge in [-0.05, 0) is 26.5 Å². The summed E-state index contributed by atoms with van der Waals surface area (Å²) in [5.41, 5.74) is 8.18. The zero-order chi connectivity index (χ0) is 12.1. The molecule has 0 aliphatic rings. The second-order valence-corrected chi connectivity index (χ2v) is 4.95. The molecule has 1 atom stereocenters. The topological polar surface area (TPSA) is 29.3 Å². The molecule has 1 rings (SSSR count). The monoisotopic (exact) mass is 236 g/mol. The molecule has 0 aliphatic carbocycles. The largest absolute Gasteiger partial charge is 0.393 e. The summed E-state index contributed by atoms with van der Waals surface area (Å²) in [5.74, 6) is 0. The van der Waals surface area contributed by atoms with Gasteiger partial charge in [-0.2, -0.15) is 0 Å². The molecule has 0 bridgehead atoms. The van der Waals surface area contributed by atoms with Crippen LogP contribution in [-0.2, 0) is 6.54 Å². The Morgan fingerprint density at radius 3 is 2.75 bits per heavy atom. The summed E-state index contributed by atoms with van der Waals surface area (Å²) < 4.78 is 0. The number of aryl methyl sites for hydroxylation is 1. The predicted octanol–water partition coefficient (Wildman–Crippen LogP) is 2.49. The minimum absolute atomic E-state index is 0.387. The molecule has 0 fully saturated rings. The highest BCUT2D eigenvalue weighted by molar-refractivity contribution is 7.80. The van der Waals surface area contributed by atoms with E-state index >= 15 is 0 Å². The summed E-state index contributed by atoms with van der Waals surface area (Å²) in [6, 6.07) is 8.96. The number of nitrogens with two attached hydrogens (primary N) is 1. The molecule has 1 aromatic carbocycles. The molecule has 1 aromatic rings. The molecule has 2 N–H and O–H groups in total. The van der Waals surface area contributed by atoms with Gasteiger partial charge in [-0.25, -0.2) is 0 Å². The van der Waals surface area contributed by atoms with Gasteiger partial charge in [0, 0.05) is 19.0 Å². The minimum atomic E-state index is 0.387. The van der Waals surface area contributed by atoms with Crippen LogP contribution in [0.25, 0.3) is 0 Å². The molecule has 0 heterocycles. The molecule has 1 unspecified atom stereocenters. The first-order chi connectivity index (χ1) is 7.49. The Bertz CT molecular complexity index is 363. The highest BCUT2D eigenvalue weighted by Gasteiger charge is 2.10. The number of hydrogen-bond donors (Lipinski definition) is 1. The molecule has 0 saturated carbocycles. The van der Waals surface area contributed by atoms with Crippen molar-refractivity contribution in [1.82, 2.24) is 4.90 Å². The van der Waals surface area contributed by atoms with Gasteiger partial charge in [0.15, 0.2) is 0 Å². The Balaban J connectivity index is 2.56. The van der Waals surface area contributed by atoms with Gasteiger partial charge in [0.1, 0.15) is 0 Å². The first kappa shape index (κ1) is 13.1. The third-order valence-electron chi connectivity index (χ3n) is 2.76. The van der Waals surface area contributed by atoms with Crippen molar-refractivity contribution in [2.45, 2.75) is 32.9 Å². The predicted molar refractivity (Wildman–Crippen MR) is 73.5 cm³/mol. The lowest BCUT2D eigenvalue weighted by Gasteiger charge is -2.24. The molecule has 0 amide bonds. The van der Waals surface area contributed by atoms with E-state index in [1.807, 2.05) is 0 Å². The lowest BCUT2D eigenvalue weighted by Crippen LogP contribution is -2.32. The number of rotatable bonds is 5. The van der Waals surface area contributed by atoms with Crippen LogP contribution in [0.1, 0.15) is 24.5 Å². The van der Waals surface area contributed by atoms with Gasteiger partial charge in [0.25, 0.3) is 0 Å². The van der Waals surface area contributed by atoms with E-state index in [2.05, 4.69) is 50.1 Å². The Morgan fingerprint density at radius 1 is 1.50 bits per heavy atom. The van der Waals surface area contributed by atoms with E-state index in [0.29, 0.717) is 11.0 Å². The summed E-state index contributed by atoms with van der Waals surface area (Å²) in [6.07, 6.45) is 0.775. The zero-order valence-corrected chi connectivity index (χ0v) is 11.1. The van der Waals surface area contributed by atoms with Gasteiger partial charge in [-0.3, -0.25) is 4.90 Å². The fraction of sp³-hybridized carbons (Fsp3) is 0.462. The highest BCUT2D eigenvalue weighted by atomic mass is 32.1. The standard InChI is InChI=1S/C13H20N2S/c1-10-5-4-6-12(7-10)9-15(3)11(2)8-13(14)16/h4-7,11H,8-9H2,1-3H3,(H2,14,16). The molecule has 3 heteroatoms. The molecular weight excluding hydrogens is 216 g/mol. The third-order valence-corrected chi connectivity index (χ3v) is 2.93. The van der Waals surface area contributed by atoms with Crippen LogP contribution in [0, 0.1) is 6.92 Å². The summed E-state index contributed by atoms with van der Waals surface area (Å²) in [4.78, 5) is 2.86. The molecular formula is C13H20N2S. The zero-order valence-electron chi connectivity index (χ0n) is 10.2. The summed E-state index contributed by atoms with van der Waals surface area (Å²) >= 11 is 4.93. The van der Waals surface area contributed by atoms with Crippen molar-refractivity contribution < 1.29 is 0 Å². The highest BCUT2D eigenvalue weighted by Crippen LogP contribution is 2.10. The van der Waals surface area contributed by atoms with Crippen molar-refractivity contribution in [1.29, 1.82) is 0 Å².